The Balaban J connectivity index is 1.52. The minimum atomic E-state index is -0.637. The van der Waals surface area contributed by atoms with Crippen molar-refractivity contribution in [1.82, 2.24) is 0 Å². The van der Waals surface area contributed by atoms with Gasteiger partial charge < -0.3 is 14.8 Å². The van der Waals surface area contributed by atoms with Gasteiger partial charge in [0.2, 0.25) is 12.7 Å². The molecule has 2 heterocycles. The average Bonchev–Trinajstić information content (AvgIpc) is 3.28. The van der Waals surface area contributed by atoms with Crippen LogP contribution in [0.25, 0.3) is 0 Å². The van der Waals surface area contributed by atoms with E-state index in [1.165, 1.54) is 0 Å². The summed E-state index contributed by atoms with van der Waals surface area (Å²) in [7, 11) is 0. The van der Waals surface area contributed by atoms with Crippen molar-refractivity contribution in [3.05, 3.63) is 83.4 Å². The van der Waals surface area contributed by atoms with Crippen LogP contribution in [0.3, 0.4) is 0 Å². The van der Waals surface area contributed by atoms with Crippen LogP contribution in [0, 0.1) is 6.92 Å². The summed E-state index contributed by atoms with van der Waals surface area (Å²) < 4.78 is 11.0. The van der Waals surface area contributed by atoms with Crippen molar-refractivity contribution in [3.8, 4) is 11.5 Å². The zero-order valence-corrected chi connectivity index (χ0v) is 17.1. The number of nitrogens with one attached hydrogen (secondary N) is 1. The third-order valence-electron chi connectivity index (χ3n) is 5.72. The first-order valence-corrected chi connectivity index (χ1v) is 10.3. The van der Waals surface area contributed by atoms with Crippen LogP contribution >= 0.6 is 0 Å². The highest BCUT2D eigenvalue weighted by Gasteiger charge is 2.38. The lowest BCUT2D eigenvalue weighted by molar-refractivity contribution is -0.117. The Bertz CT molecular complexity index is 1160. The Morgan fingerprint density at radius 2 is 1.77 bits per heavy atom. The zero-order valence-electron chi connectivity index (χ0n) is 17.1. The highest BCUT2D eigenvalue weighted by Crippen LogP contribution is 2.39. The summed E-state index contributed by atoms with van der Waals surface area (Å²) in [6.45, 7) is 2.07. The molecule has 1 atom stereocenters. The van der Waals surface area contributed by atoms with Gasteiger partial charge in [0.25, 0.3) is 5.91 Å². The molecule has 5 rings (SSSR count). The molecule has 1 N–H and O–H groups in total. The number of nitrogens with zero attached hydrogens (tertiary/aromatic N) is 1. The number of para-hydroxylation sites is 2. The highest BCUT2D eigenvalue weighted by molar-refractivity contribution is 6.13. The van der Waals surface area contributed by atoms with E-state index in [0.29, 0.717) is 29.2 Å². The molecule has 31 heavy (non-hydrogen) atoms. The van der Waals surface area contributed by atoms with Crippen molar-refractivity contribution in [2.45, 2.75) is 25.8 Å². The van der Waals surface area contributed by atoms with E-state index in [1.54, 1.807) is 23.1 Å². The molecule has 0 bridgehead atoms. The third-order valence-corrected chi connectivity index (χ3v) is 5.72. The van der Waals surface area contributed by atoms with Gasteiger partial charge in [-0.15, -0.1) is 0 Å². The average molecular weight is 414 g/mol. The minimum absolute atomic E-state index is 0.0769. The molecule has 2 aliphatic heterocycles. The quantitative estimate of drug-likeness (QED) is 0.693. The van der Waals surface area contributed by atoms with E-state index in [1.807, 2.05) is 55.5 Å². The highest BCUT2D eigenvalue weighted by atomic mass is 16.7. The summed E-state index contributed by atoms with van der Waals surface area (Å²) in [6, 6.07) is 19.9. The normalized spacial score (nSPS) is 16.5. The summed E-state index contributed by atoms with van der Waals surface area (Å²) in [4.78, 5) is 28.6. The lowest BCUT2D eigenvalue weighted by Gasteiger charge is -2.36. The van der Waals surface area contributed by atoms with Gasteiger partial charge in [0.15, 0.2) is 11.5 Å². The smallest absolute Gasteiger partial charge is 0.262 e. The second-order valence-corrected chi connectivity index (χ2v) is 7.75. The van der Waals surface area contributed by atoms with Crippen molar-refractivity contribution in [2.75, 3.05) is 17.0 Å². The first-order valence-electron chi connectivity index (χ1n) is 10.3. The Kier molecular flexibility index (Phi) is 4.82. The SMILES string of the molecule is Cc1ccc(NC(=O)C2CCc3ccccc3N2C(=O)c2cccc3c2OCO3)cc1. The maximum Gasteiger partial charge on any atom is 0.262 e. The molecule has 156 valence electrons. The number of ether oxygens (including phenoxy) is 2. The molecule has 3 aromatic rings. The van der Waals surface area contributed by atoms with Gasteiger partial charge in [-0.1, -0.05) is 42.0 Å². The van der Waals surface area contributed by atoms with Crippen LogP contribution in [0.5, 0.6) is 11.5 Å². The van der Waals surface area contributed by atoms with Crippen LogP contribution in [-0.2, 0) is 11.2 Å². The van der Waals surface area contributed by atoms with Gasteiger partial charge in [-0.25, -0.2) is 0 Å². The van der Waals surface area contributed by atoms with Crippen molar-refractivity contribution in [2.24, 2.45) is 0 Å². The van der Waals surface area contributed by atoms with Gasteiger partial charge in [0.05, 0.1) is 5.56 Å². The monoisotopic (exact) mass is 414 g/mol. The van der Waals surface area contributed by atoms with Gasteiger partial charge in [0.1, 0.15) is 6.04 Å². The molecule has 0 radical (unpaired) electrons. The van der Waals surface area contributed by atoms with Crippen LogP contribution in [0.1, 0.15) is 27.9 Å². The molecular formula is C25H22N2O4. The first kappa shape index (κ1) is 19.2. The predicted octanol–water partition coefficient (Wildman–Crippen LogP) is 4.32. The summed E-state index contributed by atoms with van der Waals surface area (Å²) in [6.07, 6.45) is 1.26. The Morgan fingerprint density at radius 3 is 2.61 bits per heavy atom. The van der Waals surface area contributed by atoms with Crippen molar-refractivity contribution in [1.29, 1.82) is 0 Å². The molecule has 0 spiro atoms. The van der Waals surface area contributed by atoms with E-state index in [9.17, 15) is 9.59 Å². The van der Waals surface area contributed by atoms with Crippen LogP contribution in [-0.4, -0.2) is 24.6 Å². The lowest BCUT2D eigenvalue weighted by atomic mass is 9.94. The van der Waals surface area contributed by atoms with Gasteiger partial charge in [-0.3, -0.25) is 14.5 Å². The largest absolute Gasteiger partial charge is 0.454 e. The Hall–Kier alpha value is -3.80. The van der Waals surface area contributed by atoms with E-state index in [2.05, 4.69) is 5.32 Å². The summed E-state index contributed by atoms with van der Waals surface area (Å²) in [5.41, 5.74) is 4.00. The number of benzene rings is 3. The topological polar surface area (TPSA) is 67.9 Å². The maximum atomic E-state index is 13.7. The van der Waals surface area contributed by atoms with E-state index in [4.69, 9.17) is 9.47 Å². The van der Waals surface area contributed by atoms with Gasteiger partial charge in [-0.2, -0.15) is 0 Å². The van der Waals surface area contributed by atoms with Gasteiger partial charge in [0, 0.05) is 11.4 Å². The number of rotatable bonds is 3. The molecule has 6 nitrogen and oxygen atoms in total. The van der Waals surface area contributed by atoms with Crippen molar-refractivity contribution < 1.29 is 19.1 Å². The minimum Gasteiger partial charge on any atom is -0.454 e. The Labute approximate surface area is 180 Å². The molecule has 1 unspecified atom stereocenters. The molecule has 0 aromatic heterocycles. The number of hydrogen-bond acceptors (Lipinski definition) is 4. The molecule has 0 saturated heterocycles. The predicted molar refractivity (Wildman–Crippen MR) is 118 cm³/mol. The fraction of sp³-hybridized carbons (Fsp3) is 0.200. The summed E-state index contributed by atoms with van der Waals surface area (Å²) in [5, 5.41) is 2.97. The zero-order chi connectivity index (χ0) is 21.4. The molecule has 0 saturated carbocycles. The summed E-state index contributed by atoms with van der Waals surface area (Å²) >= 11 is 0. The first-order chi connectivity index (χ1) is 15.1. The lowest BCUT2D eigenvalue weighted by Crippen LogP contribution is -2.50. The molecule has 0 fully saturated rings. The number of amides is 2. The molecule has 2 amide bonds. The van der Waals surface area contributed by atoms with Crippen molar-refractivity contribution >= 4 is 23.2 Å². The number of hydrogen-bond donors (Lipinski definition) is 1. The summed E-state index contributed by atoms with van der Waals surface area (Å²) in [5.74, 6) is 0.472. The Morgan fingerprint density at radius 1 is 0.968 bits per heavy atom. The fourth-order valence-corrected chi connectivity index (χ4v) is 4.14. The molecule has 6 heteroatoms. The number of carbonyl (C=O) groups is 2. The van der Waals surface area contributed by atoms with Crippen LogP contribution in [0.4, 0.5) is 11.4 Å². The van der Waals surface area contributed by atoms with Gasteiger partial charge >= 0.3 is 0 Å². The molecule has 3 aromatic carbocycles. The second-order valence-electron chi connectivity index (χ2n) is 7.75. The van der Waals surface area contributed by atoms with E-state index >= 15 is 0 Å². The standard InChI is InChI=1S/C25H22N2O4/c1-16-9-12-18(13-10-16)26-24(28)21-14-11-17-5-2-3-7-20(17)27(21)25(29)19-6-4-8-22-23(19)31-15-30-22/h2-10,12-13,21H,11,14-15H2,1H3,(H,26,28). The molecule has 0 aliphatic carbocycles. The van der Waals surface area contributed by atoms with E-state index < -0.39 is 6.04 Å². The maximum absolute atomic E-state index is 13.7. The van der Waals surface area contributed by atoms with Gasteiger partial charge in [-0.05, 0) is 55.7 Å². The number of fused-ring (bicyclic) bond motifs is 2. The third kappa shape index (κ3) is 3.50. The molecular weight excluding hydrogens is 392 g/mol. The van der Waals surface area contributed by atoms with E-state index in [-0.39, 0.29) is 18.6 Å². The van der Waals surface area contributed by atoms with Crippen LogP contribution in [0.2, 0.25) is 0 Å². The number of aryl methyl sites for hydroxylation is 2. The second kappa shape index (κ2) is 7.80. The van der Waals surface area contributed by atoms with Crippen LogP contribution in [0.15, 0.2) is 66.7 Å². The molecule has 2 aliphatic rings. The van der Waals surface area contributed by atoms with Crippen LogP contribution < -0.4 is 19.7 Å². The van der Waals surface area contributed by atoms with Crippen molar-refractivity contribution in [3.63, 3.8) is 0 Å². The number of carbonyl (C=O) groups excluding carboxylic acids is 2. The number of anilines is 2. The fourth-order valence-electron chi connectivity index (χ4n) is 4.14. The van der Waals surface area contributed by atoms with E-state index in [0.717, 1.165) is 23.2 Å².